The molecule has 1 aliphatic rings. The lowest BCUT2D eigenvalue weighted by Gasteiger charge is -2.34. The van der Waals surface area contributed by atoms with Gasteiger partial charge in [-0.15, -0.1) is 0 Å². The standard InChI is InChI=1S/C15H22N2O3/c1-11(15(19)16-10-14-4-3-9-20-14)17-7-5-13(6-8-17)12(2)18/h3-4,9,11,13H,5-8,10H2,1-2H3,(H,16,19). The van der Waals surface area contributed by atoms with Gasteiger partial charge >= 0.3 is 0 Å². The van der Waals surface area contributed by atoms with Gasteiger partial charge < -0.3 is 9.73 Å². The summed E-state index contributed by atoms with van der Waals surface area (Å²) >= 11 is 0. The van der Waals surface area contributed by atoms with Crippen LogP contribution in [0, 0.1) is 5.92 Å². The van der Waals surface area contributed by atoms with Crippen LogP contribution in [-0.2, 0) is 16.1 Å². The van der Waals surface area contributed by atoms with Crippen LogP contribution in [0.1, 0.15) is 32.4 Å². The van der Waals surface area contributed by atoms with Crippen molar-refractivity contribution in [3.05, 3.63) is 24.2 Å². The van der Waals surface area contributed by atoms with Crippen molar-refractivity contribution in [2.45, 2.75) is 39.3 Å². The third-order valence-corrected chi connectivity index (χ3v) is 4.05. The van der Waals surface area contributed by atoms with E-state index in [0.29, 0.717) is 6.54 Å². The first-order valence-corrected chi connectivity index (χ1v) is 7.12. The molecule has 0 bridgehead atoms. The van der Waals surface area contributed by atoms with E-state index in [4.69, 9.17) is 4.42 Å². The number of hydrogen-bond acceptors (Lipinski definition) is 4. The van der Waals surface area contributed by atoms with Gasteiger partial charge in [0.2, 0.25) is 5.91 Å². The molecule has 0 radical (unpaired) electrons. The molecule has 0 aliphatic carbocycles. The number of nitrogens with one attached hydrogen (secondary N) is 1. The summed E-state index contributed by atoms with van der Waals surface area (Å²) < 4.78 is 5.18. The quantitative estimate of drug-likeness (QED) is 0.888. The van der Waals surface area contributed by atoms with Gasteiger partial charge in [-0.1, -0.05) is 0 Å². The molecule has 1 aromatic heterocycles. The number of hydrogen-bond donors (Lipinski definition) is 1. The minimum Gasteiger partial charge on any atom is -0.467 e. The molecule has 1 aromatic rings. The molecule has 1 atom stereocenters. The first kappa shape index (κ1) is 14.8. The molecule has 0 spiro atoms. The molecule has 2 rings (SSSR count). The third-order valence-electron chi connectivity index (χ3n) is 4.05. The Morgan fingerprint density at radius 2 is 2.15 bits per heavy atom. The van der Waals surface area contributed by atoms with E-state index in [2.05, 4.69) is 10.2 Å². The molecule has 1 N–H and O–H groups in total. The average molecular weight is 278 g/mol. The zero-order valence-electron chi connectivity index (χ0n) is 12.1. The number of furan rings is 1. The minimum atomic E-state index is -0.169. The monoisotopic (exact) mass is 278 g/mol. The van der Waals surface area contributed by atoms with Crippen molar-refractivity contribution in [2.75, 3.05) is 13.1 Å². The molecular weight excluding hydrogens is 256 g/mol. The molecule has 0 aromatic carbocycles. The Morgan fingerprint density at radius 1 is 1.45 bits per heavy atom. The van der Waals surface area contributed by atoms with Crippen molar-refractivity contribution in [1.29, 1.82) is 0 Å². The van der Waals surface area contributed by atoms with Crippen LogP contribution in [0.3, 0.4) is 0 Å². The van der Waals surface area contributed by atoms with E-state index >= 15 is 0 Å². The number of nitrogens with zero attached hydrogens (tertiary/aromatic N) is 1. The second kappa shape index (κ2) is 6.70. The third kappa shape index (κ3) is 3.70. The van der Waals surface area contributed by atoms with Crippen LogP contribution < -0.4 is 5.32 Å². The molecule has 1 unspecified atom stereocenters. The van der Waals surface area contributed by atoms with Crippen molar-refractivity contribution in [1.82, 2.24) is 10.2 Å². The second-order valence-electron chi connectivity index (χ2n) is 5.39. The number of Topliss-reactive ketones (excluding diaryl/α,β-unsaturated/α-hetero) is 1. The van der Waals surface area contributed by atoms with Crippen LogP contribution in [0.25, 0.3) is 0 Å². The Balaban J connectivity index is 1.77. The number of likely N-dealkylation sites (tertiary alicyclic amines) is 1. The highest BCUT2D eigenvalue weighted by Crippen LogP contribution is 2.19. The summed E-state index contributed by atoms with van der Waals surface area (Å²) in [7, 11) is 0. The van der Waals surface area contributed by atoms with Crippen molar-refractivity contribution < 1.29 is 14.0 Å². The number of amides is 1. The van der Waals surface area contributed by atoms with E-state index in [1.165, 1.54) is 0 Å². The molecule has 2 heterocycles. The number of carbonyl (C=O) groups is 2. The van der Waals surface area contributed by atoms with Gasteiger partial charge in [0.15, 0.2) is 0 Å². The zero-order chi connectivity index (χ0) is 14.5. The van der Waals surface area contributed by atoms with Gasteiger partial charge in [-0.25, -0.2) is 0 Å². The highest BCUT2D eigenvalue weighted by Gasteiger charge is 2.28. The number of ketones is 1. The predicted octanol–water partition coefficient (Wildman–Crippen LogP) is 1.59. The largest absolute Gasteiger partial charge is 0.467 e. The van der Waals surface area contributed by atoms with Gasteiger partial charge in [-0.3, -0.25) is 14.5 Å². The fraction of sp³-hybridized carbons (Fsp3) is 0.600. The SMILES string of the molecule is CC(=O)C1CCN(C(C)C(=O)NCc2ccco2)CC1. The summed E-state index contributed by atoms with van der Waals surface area (Å²) in [5, 5.41) is 2.87. The van der Waals surface area contributed by atoms with Crippen molar-refractivity contribution in [3.8, 4) is 0 Å². The summed E-state index contributed by atoms with van der Waals surface area (Å²) in [4.78, 5) is 25.6. The van der Waals surface area contributed by atoms with Gasteiger partial charge in [0, 0.05) is 5.92 Å². The molecule has 1 saturated heterocycles. The molecule has 1 fully saturated rings. The van der Waals surface area contributed by atoms with E-state index in [9.17, 15) is 9.59 Å². The van der Waals surface area contributed by atoms with Gasteiger partial charge in [-0.2, -0.15) is 0 Å². The normalized spacial score (nSPS) is 18.7. The van der Waals surface area contributed by atoms with Crippen LogP contribution in [0.15, 0.2) is 22.8 Å². The Kier molecular flexibility index (Phi) is 4.95. The molecule has 1 amide bonds. The van der Waals surface area contributed by atoms with Crippen LogP contribution in [-0.4, -0.2) is 35.7 Å². The summed E-state index contributed by atoms with van der Waals surface area (Å²) in [5.74, 6) is 1.19. The first-order chi connectivity index (χ1) is 9.58. The fourth-order valence-corrected chi connectivity index (χ4v) is 2.59. The lowest BCUT2D eigenvalue weighted by atomic mass is 9.92. The Hall–Kier alpha value is -1.62. The molecular formula is C15H22N2O3. The predicted molar refractivity (Wildman–Crippen MR) is 75.0 cm³/mol. The van der Waals surface area contributed by atoms with E-state index in [1.54, 1.807) is 19.3 Å². The van der Waals surface area contributed by atoms with Crippen LogP contribution in [0.2, 0.25) is 0 Å². The maximum absolute atomic E-state index is 12.1. The van der Waals surface area contributed by atoms with Crippen LogP contribution in [0.4, 0.5) is 0 Å². The maximum Gasteiger partial charge on any atom is 0.237 e. The maximum atomic E-state index is 12.1. The van der Waals surface area contributed by atoms with Gasteiger partial charge in [-0.05, 0) is 51.9 Å². The van der Waals surface area contributed by atoms with Crippen molar-refractivity contribution in [3.63, 3.8) is 0 Å². The molecule has 20 heavy (non-hydrogen) atoms. The molecule has 0 saturated carbocycles. The fourth-order valence-electron chi connectivity index (χ4n) is 2.59. The van der Waals surface area contributed by atoms with Crippen molar-refractivity contribution >= 4 is 11.7 Å². The smallest absolute Gasteiger partial charge is 0.237 e. The number of carbonyl (C=O) groups excluding carboxylic acids is 2. The number of piperidine rings is 1. The lowest BCUT2D eigenvalue weighted by molar-refractivity contribution is -0.127. The van der Waals surface area contributed by atoms with Crippen LogP contribution in [0.5, 0.6) is 0 Å². The molecule has 1 aliphatic heterocycles. The van der Waals surface area contributed by atoms with Gasteiger partial charge in [0.05, 0.1) is 18.8 Å². The lowest BCUT2D eigenvalue weighted by Crippen LogP contribution is -2.48. The zero-order valence-corrected chi connectivity index (χ0v) is 12.1. The van der Waals surface area contributed by atoms with Gasteiger partial charge in [0.1, 0.15) is 11.5 Å². The Labute approximate surface area is 119 Å². The van der Waals surface area contributed by atoms with Crippen molar-refractivity contribution in [2.24, 2.45) is 5.92 Å². The second-order valence-corrected chi connectivity index (χ2v) is 5.39. The first-order valence-electron chi connectivity index (χ1n) is 7.12. The van der Waals surface area contributed by atoms with E-state index in [-0.39, 0.29) is 23.7 Å². The summed E-state index contributed by atoms with van der Waals surface area (Å²) in [6.45, 7) is 5.59. The number of rotatable bonds is 5. The van der Waals surface area contributed by atoms with E-state index < -0.39 is 0 Å². The van der Waals surface area contributed by atoms with E-state index in [1.807, 2.05) is 13.0 Å². The van der Waals surface area contributed by atoms with E-state index in [0.717, 1.165) is 31.7 Å². The Bertz CT molecular complexity index is 448. The highest BCUT2D eigenvalue weighted by molar-refractivity contribution is 5.81. The topological polar surface area (TPSA) is 62.6 Å². The summed E-state index contributed by atoms with van der Waals surface area (Å²) in [5.41, 5.74) is 0. The highest BCUT2D eigenvalue weighted by atomic mass is 16.3. The molecule has 5 nitrogen and oxygen atoms in total. The summed E-state index contributed by atoms with van der Waals surface area (Å²) in [6.07, 6.45) is 3.30. The summed E-state index contributed by atoms with van der Waals surface area (Å²) in [6, 6.07) is 3.47. The average Bonchev–Trinajstić information content (AvgIpc) is 2.97. The molecule has 5 heteroatoms. The van der Waals surface area contributed by atoms with Gasteiger partial charge in [0.25, 0.3) is 0 Å². The molecule has 110 valence electrons. The van der Waals surface area contributed by atoms with Crippen LogP contribution >= 0.6 is 0 Å². The minimum absolute atomic E-state index is 0.00248. The Morgan fingerprint density at radius 3 is 2.70 bits per heavy atom.